The summed E-state index contributed by atoms with van der Waals surface area (Å²) in [5.74, 6) is 0. The minimum absolute atomic E-state index is 0.0658. The van der Waals surface area contributed by atoms with Crippen molar-refractivity contribution in [3.63, 3.8) is 0 Å². The van der Waals surface area contributed by atoms with E-state index in [1.54, 1.807) is 11.0 Å². The van der Waals surface area contributed by atoms with Gasteiger partial charge >= 0.3 is 6.03 Å². The van der Waals surface area contributed by atoms with Crippen molar-refractivity contribution >= 4 is 23.3 Å². The van der Waals surface area contributed by atoms with Gasteiger partial charge in [0.15, 0.2) is 0 Å². The van der Waals surface area contributed by atoms with Crippen LogP contribution in [0.25, 0.3) is 0 Å². The Morgan fingerprint density at radius 2 is 2.00 bits per heavy atom. The highest BCUT2D eigenvalue weighted by molar-refractivity contribution is 6.31. The second-order valence-electron chi connectivity index (χ2n) is 5.06. The Labute approximate surface area is 118 Å². The number of urea groups is 1. The lowest BCUT2D eigenvalue weighted by Gasteiger charge is -2.35. The molecule has 104 valence electrons. The maximum absolute atomic E-state index is 12.2. The van der Waals surface area contributed by atoms with Crippen LogP contribution < -0.4 is 5.32 Å². The topological polar surface area (TPSA) is 41.6 Å². The lowest BCUT2D eigenvalue weighted by atomic mass is 10.2. The van der Waals surface area contributed by atoms with Gasteiger partial charge in [0.25, 0.3) is 0 Å². The average molecular weight is 283 g/mol. The third-order valence-corrected chi connectivity index (χ3v) is 3.54. The number of nitrogens with zero attached hydrogens (tertiary/aromatic N) is 1. The van der Waals surface area contributed by atoms with Crippen molar-refractivity contribution in [2.75, 3.05) is 18.4 Å². The first kappa shape index (κ1) is 14.2. The zero-order valence-electron chi connectivity index (χ0n) is 11.4. The smallest absolute Gasteiger partial charge is 0.322 e. The van der Waals surface area contributed by atoms with Crippen LogP contribution in [0.3, 0.4) is 0 Å². The molecular formula is C14H19ClN2O2. The molecule has 0 bridgehead atoms. The molecular weight excluding hydrogens is 264 g/mol. The zero-order valence-corrected chi connectivity index (χ0v) is 12.2. The van der Waals surface area contributed by atoms with E-state index in [4.69, 9.17) is 16.3 Å². The Morgan fingerprint density at radius 3 is 2.58 bits per heavy atom. The van der Waals surface area contributed by atoms with E-state index in [2.05, 4.69) is 5.32 Å². The Hall–Kier alpha value is -1.26. The molecule has 0 aliphatic carbocycles. The fourth-order valence-corrected chi connectivity index (χ4v) is 2.40. The van der Waals surface area contributed by atoms with E-state index in [1.165, 1.54) is 0 Å². The summed E-state index contributed by atoms with van der Waals surface area (Å²) in [6.45, 7) is 7.09. The molecule has 0 spiro atoms. The number of rotatable bonds is 1. The normalized spacial score (nSPS) is 23.3. The SMILES string of the molecule is Cc1ccc(NC(=O)N2C[C@@H](C)O[C@@H](C)C2)cc1Cl. The third-order valence-electron chi connectivity index (χ3n) is 3.13. The predicted octanol–water partition coefficient (Wildman–Crippen LogP) is 3.29. The second-order valence-corrected chi connectivity index (χ2v) is 5.46. The summed E-state index contributed by atoms with van der Waals surface area (Å²) in [7, 11) is 0. The Balaban J connectivity index is 2.02. The van der Waals surface area contributed by atoms with Gasteiger partial charge in [-0.15, -0.1) is 0 Å². The number of carbonyl (C=O) groups is 1. The minimum Gasteiger partial charge on any atom is -0.372 e. The number of amides is 2. The highest BCUT2D eigenvalue weighted by atomic mass is 35.5. The summed E-state index contributed by atoms with van der Waals surface area (Å²) in [6.07, 6.45) is 0.132. The summed E-state index contributed by atoms with van der Waals surface area (Å²) >= 11 is 6.04. The largest absolute Gasteiger partial charge is 0.372 e. The van der Waals surface area contributed by atoms with Gasteiger partial charge in [0, 0.05) is 23.8 Å². The number of nitrogens with one attached hydrogen (secondary N) is 1. The van der Waals surface area contributed by atoms with E-state index >= 15 is 0 Å². The first-order chi connectivity index (χ1) is 8.95. The predicted molar refractivity (Wildman–Crippen MR) is 76.8 cm³/mol. The number of benzene rings is 1. The summed E-state index contributed by atoms with van der Waals surface area (Å²) < 4.78 is 5.61. The van der Waals surface area contributed by atoms with Crippen LogP contribution in [0.1, 0.15) is 19.4 Å². The van der Waals surface area contributed by atoms with Crippen LogP contribution in [-0.4, -0.2) is 36.2 Å². The molecule has 1 aliphatic heterocycles. The zero-order chi connectivity index (χ0) is 14.0. The molecule has 4 nitrogen and oxygen atoms in total. The van der Waals surface area contributed by atoms with Gasteiger partial charge in [-0.2, -0.15) is 0 Å². The standard InChI is InChI=1S/C14H19ClN2O2/c1-9-4-5-12(6-13(9)15)16-14(18)17-7-10(2)19-11(3)8-17/h4-6,10-11H,7-8H2,1-3H3,(H,16,18)/t10-,11+. The molecule has 2 amide bonds. The molecule has 0 saturated carbocycles. The monoisotopic (exact) mass is 282 g/mol. The van der Waals surface area contributed by atoms with Crippen molar-refractivity contribution in [2.45, 2.75) is 33.0 Å². The number of carbonyl (C=O) groups excluding carboxylic acids is 1. The van der Waals surface area contributed by atoms with Gasteiger partial charge < -0.3 is 15.0 Å². The van der Waals surface area contributed by atoms with E-state index in [1.807, 2.05) is 32.9 Å². The first-order valence-electron chi connectivity index (χ1n) is 6.43. The molecule has 5 heteroatoms. The van der Waals surface area contributed by atoms with Crippen LogP contribution >= 0.6 is 11.6 Å². The van der Waals surface area contributed by atoms with Gasteiger partial charge in [0.2, 0.25) is 0 Å². The number of hydrogen-bond donors (Lipinski definition) is 1. The first-order valence-corrected chi connectivity index (χ1v) is 6.81. The molecule has 1 heterocycles. The summed E-state index contributed by atoms with van der Waals surface area (Å²) in [4.78, 5) is 13.9. The van der Waals surface area contributed by atoms with Crippen molar-refractivity contribution in [3.8, 4) is 0 Å². The molecule has 2 rings (SSSR count). The molecule has 1 fully saturated rings. The number of hydrogen-bond acceptors (Lipinski definition) is 2. The van der Waals surface area contributed by atoms with Gasteiger partial charge in [-0.25, -0.2) is 4.79 Å². The van der Waals surface area contributed by atoms with E-state index in [9.17, 15) is 4.79 Å². The fourth-order valence-electron chi connectivity index (χ4n) is 2.22. The Morgan fingerprint density at radius 1 is 1.37 bits per heavy atom. The van der Waals surface area contributed by atoms with Crippen molar-refractivity contribution in [3.05, 3.63) is 28.8 Å². The third kappa shape index (κ3) is 3.61. The molecule has 1 saturated heterocycles. The number of anilines is 1. The fraction of sp³-hybridized carbons (Fsp3) is 0.500. The van der Waals surface area contributed by atoms with Crippen LogP contribution in [0.15, 0.2) is 18.2 Å². The van der Waals surface area contributed by atoms with E-state index in [-0.39, 0.29) is 18.2 Å². The van der Waals surface area contributed by atoms with Gasteiger partial charge in [-0.05, 0) is 38.5 Å². The molecule has 1 aliphatic rings. The lowest BCUT2D eigenvalue weighted by Crippen LogP contribution is -2.49. The van der Waals surface area contributed by atoms with Crippen LogP contribution in [0.4, 0.5) is 10.5 Å². The van der Waals surface area contributed by atoms with Crippen molar-refractivity contribution < 1.29 is 9.53 Å². The highest BCUT2D eigenvalue weighted by Gasteiger charge is 2.25. The number of morpholine rings is 1. The van der Waals surface area contributed by atoms with Gasteiger partial charge in [-0.1, -0.05) is 17.7 Å². The molecule has 1 aromatic rings. The average Bonchev–Trinajstić information content (AvgIpc) is 2.32. The van der Waals surface area contributed by atoms with Crippen molar-refractivity contribution in [1.82, 2.24) is 4.90 Å². The van der Waals surface area contributed by atoms with E-state index < -0.39 is 0 Å². The number of ether oxygens (including phenoxy) is 1. The maximum atomic E-state index is 12.2. The quantitative estimate of drug-likeness (QED) is 0.859. The molecule has 1 aromatic carbocycles. The summed E-state index contributed by atoms with van der Waals surface area (Å²) in [5, 5.41) is 3.52. The maximum Gasteiger partial charge on any atom is 0.322 e. The molecule has 1 N–H and O–H groups in total. The number of aryl methyl sites for hydroxylation is 1. The van der Waals surface area contributed by atoms with Crippen molar-refractivity contribution in [1.29, 1.82) is 0 Å². The minimum atomic E-state index is -0.109. The van der Waals surface area contributed by atoms with E-state index in [0.717, 1.165) is 5.56 Å². The number of halogens is 1. The lowest BCUT2D eigenvalue weighted by molar-refractivity contribution is -0.0530. The molecule has 0 unspecified atom stereocenters. The Bertz CT molecular complexity index is 469. The van der Waals surface area contributed by atoms with E-state index in [0.29, 0.717) is 23.8 Å². The van der Waals surface area contributed by atoms with Gasteiger partial charge in [-0.3, -0.25) is 0 Å². The molecule has 19 heavy (non-hydrogen) atoms. The van der Waals surface area contributed by atoms with Crippen LogP contribution in [-0.2, 0) is 4.74 Å². The van der Waals surface area contributed by atoms with Gasteiger partial charge in [0.05, 0.1) is 12.2 Å². The molecule has 2 atom stereocenters. The Kier molecular flexibility index (Phi) is 4.32. The van der Waals surface area contributed by atoms with Gasteiger partial charge in [0.1, 0.15) is 0 Å². The van der Waals surface area contributed by atoms with Crippen LogP contribution in [0.2, 0.25) is 5.02 Å². The molecule has 0 radical (unpaired) electrons. The van der Waals surface area contributed by atoms with Crippen LogP contribution in [0.5, 0.6) is 0 Å². The van der Waals surface area contributed by atoms with Crippen molar-refractivity contribution in [2.24, 2.45) is 0 Å². The second kappa shape index (κ2) is 5.80. The summed E-state index contributed by atoms with van der Waals surface area (Å²) in [6, 6.07) is 5.40. The molecule has 0 aromatic heterocycles. The highest BCUT2D eigenvalue weighted by Crippen LogP contribution is 2.20. The van der Waals surface area contributed by atoms with Crippen LogP contribution in [0, 0.1) is 6.92 Å². The summed E-state index contributed by atoms with van der Waals surface area (Å²) in [5.41, 5.74) is 1.71.